The summed E-state index contributed by atoms with van der Waals surface area (Å²) >= 11 is 0. The number of furan rings is 1. The van der Waals surface area contributed by atoms with Crippen LogP contribution in [0.4, 0.5) is 0 Å². The maximum absolute atomic E-state index is 12.2. The highest BCUT2D eigenvalue weighted by Crippen LogP contribution is 2.20. The lowest BCUT2D eigenvalue weighted by Crippen LogP contribution is -2.23. The van der Waals surface area contributed by atoms with Gasteiger partial charge in [0.15, 0.2) is 6.61 Å². The quantitative estimate of drug-likeness (QED) is 0.224. The zero-order chi connectivity index (χ0) is 23.6. The molecule has 0 fully saturated rings. The third-order valence-electron chi connectivity index (χ3n) is 4.67. The summed E-state index contributed by atoms with van der Waals surface area (Å²) in [4.78, 5) is 24.3. The van der Waals surface area contributed by atoms with Gasteiger partial charge in [0.1, 0.15) is 28.9 Å². The number of esters is 1. The highest BCUT2D eigenvalue weighted by atomic mass is 16.6. The molecule has 168 valence electrons. The number of benzene rings is 2. The third kappa shape index (κ3) is 7.11. The van der Waals surface area contributed by atoms with Gasteiger partial charge >= 0.3 is 5.97 Å². The summed E-state index contributed by atoms with van der Waals surface area (Å²) in [6, 6.07) is 19.4. The maximum Gasteiger partial charge on any atom is 0.349 e. The van der Waals surface area contributed by atoms with Gasteiger partial charge in [-0.15, -0.1) is 0 Å². The Morgan fingerprint density at radius 1 is 1.09 bits per heavy atom. The number of carbonyl (C=O) groups is 2. The molecule has 33 heavy (non-hydrogen) atoms. The third-order valence-corrected chi connectivity index (χ3v) is 4.67. The number of nitriles is 1. The number of nitrogens with one attached hydrogen (secondary N) is 1. The zero-order valence-corrected chi connectivity index (χ0v) is 18.4. The average Bonchev–Trinajstić information content (AvgIpc) is 3.34. The average molecular weight is 444 g/mol. The second-order valence-corrected chi connectivity index (χ2v) is 7.49. The highest BCUT2D eigenvalue weighted by molar-refractivity contribution is 6.01. The Labute approximate surface area is 192 Å². The van der Waals surface area contributed by atoms with Gasteiger partial charge in [0.2, 0.25) is 0 Å². The van der Waals surface area contributed by atoms with Crippen LogP contribution < -0.4 is 14.8 Å². The van der Waals surface area contributed by atoms with E-state index in [9.17, 15) is 14.9 Å². The van der Waals surface area contributed by atoms with Crippen LogP contribution in [0.25, 0.3) is 6.08 Å². The van der Waals surface area contributed by atoms with E-state index in [1.165, 1.54) is 12.3 Å². The predicted octanol–water partition coefficient (Wildman–Crippen LogP) is 4.61. The number of amides is 1. The topological polar surface area (TPSA) is 102 Å². The summed E-state index contributed by atoms with van der Waals surface area (Å²) in [6.07, 6.45) is 2.96. The molecule has 0 saturated heterocycles. The van der Waals surface area contributed by atoms with Crippen LogP contribution in [0, 0.1) is 11.3 Å². The first-order valence-corrected chi connectivity index (χ1v) is 10.4. The van der Waals surface area contributed by atoms with E-state index in [0.29, 0.717) is 28.7 Å². The molecule has 0 unspecified atom stereocenters. The molecule has 0 saturated carbocycles. The van der Waals surface area contributed by atoms with Crippen LogP contribution in [0.15, 0.2) is 76.9 Å². The Bertz CT molecular complexity index is 1160. The molecule has 0 bridgehead atoms. The summed E-state index contributed by atoms with van der Waals surface area (Å²) in [5.74, 6) is 0.830. The van der Waals surface area contributed by atoms with Crippen LogP contribution in [-0.2, 0) is 16.1 Å². The van der Waals surface area contributed by atoms with Crippen molar-refractivity contribution in [2.45, 2.75) is 26.3 Å². The molecule has 0 aliphatic carbocycles. The van der Waals surface area contributed by atoms with E-state index in [-0.39, 0.29) is 18.7 Å². The standard InChI is InChI=1S/C26H24N2O5/c1-18(2)20-5-3-6-23(14-20)32-17-25(29)33-22-10-8-19(9-11-22)13-21(15-27)26(30)28-16-24-7-4-12-31-24/h3-14,18H,16-17H2,1-2H3,(H,28,30)/b21-13+. The second kappa shape index (κ2) is 11.3. The fourth-order valence-electron chi connectivity index (χ4n) is 2.89. The summed E-state index contributed by atoms with van der Waals surface area (Å²) in [7, 11) is 0. The van der Waals surface area contributed by atoms with Crippen molar-refractivity contribution >= 4 is 18.0 Å². The maximum atomic E-state index is 12.2. The van der Waals surface area contributed by atoms with Gasteiger partial charge in [-0.1, -0.05) is 38.1 Å². The highest BCUT2D eigenvalue weighted by Gasteiger charge is 2.11. The van der Waals surface area contributed by atoms with Gasteiger partial charge in [-0.25, -0.2) is 4.79 Å². The van der Waals surface area contributed by atoms with Gasteiger partial charge in [0, 0.05) is 0 Å². The number of hydrogen-bond acceptors (Lipinski definition) is 6. The largest absolute Gasteiger partial charge is 0.482 e. The van der Waals surface area contributed by atoms with Crippen LogP contribution >= 0.6 is 0 Å². The van der Waals surface area contributed by atoms with E-state index in [1.807, 2.05) is 24.3 Å². The number of nitrogens with zero attached hydrogens (tertiary/aromatic N) is 1. The van der Waals surface area contributed by atoms with E-state index < -0.39 is 11.9 Å². The molecule has 0 atom stereocenters. The number of hydrogen-bond donors (Lipinski definition) is 1. The summed E-state index contributed by atoms with van der Waals surface area (Å²) in [5, 5.41) is 11.9. The molecule has 7 nitrogen and oxygen atoms in total. The minimum absolute atomic E-state index is 0.0525. The van der Waals surface area contributed by atoms with Crippen molar-refractivity contribution in [3.05, 3.63) is 89.4 Å². The Kier molecular flexibility index (Phi) is 8.03. The van der Waals surface area contributed by atoms with Gasteiger partial charge < -0.3 is 19.2 Å². The van der Waals surface area contributed by atoms with Crippen LogP contribution in [0.3, 0.4) is 0 Å². The monoisotopic (exact) mass is 444 g/mol. The molecule has 0 radical (unpaired) electrons. The Morgan fingerprint density at radius 3 is 2.55 bits per heavy atom. The number of rotatable bonds is 9. The molecule has 1 amide bonds. The van der Waals surface area contributed by atoms with Crippen molar-refractivity contribution in [2.75, 3.05) is 6.61 Å². The Balaban J connectivity index is 1.53. The molecule has 3 rings (SSSR count). The molecule has 0 aliphatic rings. The predicted molar refractivity (Wildman–Crippen MR) is 122 cm³/mol. The van der Waals surface area contributed by atoms with Crippen molar-refractivity contribution < 1.29 is 23.5 Å². The van der Waals surface area contributed by atoms with E-state index in [0.717, 1.165) is 5.56 Å². The summed E-state index contributed by atoms with van der Waals surface area (Å²) < 4.78 is 16.0. The molecule has 1 N–H and O–H groups in total. The Morgan fingerprint density at radius 2 is 1.88 bits per heavy atom. The minimum Gasteiger partial charge on any atom is -0.482 e. The number of carbonyl (C=O) groups excluding carboxylic acids is 2. The molecular weight excluding hydrogens is 420 g/mol. The molecular formula is C26H24N2O5. The molecule has 0 spiro atoms. The lowest BCUT2D eigenvalue weighted by Gasteiger charge is -2.10. The lowest BCUT2D eigenvalue weighted by atomic mass is 10.0. The molecule has 2 aromatic carbocycles. The van der Waals surface area contributed by atoms with E-state index in [4.69, 9.17) is 13.9 Å². The van der Waals surface area contributed by atoms with Crippen molar-refractivity contribution in [2.24, 2.45) is 0 Å². The SMILES string of the molecule is CC(C)c1cccc(OCC(=O)Oc2ccc(/C=C(\C#N)C(=O)NCc3ccco3)cc2)c1. The summed E-state index contributed by atoms with van der Waals surface area (Å²) in [6.45, 7) is 4.12. The molecule has 0 aliphatic heterocycles. The zero-order valence-electron chi connectivity index (χ0n) is 18.4. The van der Waals surface area contributed by atoms with Crippen molar-refractivity contribution in [1.82, 2.24) is 5.32 Å². The second-order valence-electron chi connectivity index (χ2n) is 7.49. The van der Waals surface area contributed by atoms with Crippen LogP contribution in [0.1, 0.15) is 36.7 Å². The molecule has 7 heteroatoms. The van der Waals surface area contributed by atoms with E-state index >= 15 is 0 Å². The van der Waals surface area contributed by atoms with E-state index in [1.54, 1.807) is 42.5 Å². The molecule has 1 heterocycles. The molecule has 1 aromatic heterocycles. The minimum atomic E-state index is -0.539. The van der Waals surface area contributed by atoms with Gasteiger partial charge in [0.05, 0.1) is 12.8 Å². The van der Waals surface area contributed by atoms with Gasteiger partial charge in [0.25, 0.3) is 5.91 Å². The van der Waals surface area contributed by atoms with Crippen LogP contribution in [-0.4, -0.2) is 18.5 Å². The lowest BCUT2D eigenvalue weighted by molar-refractivity contribution is -0.136. The number of ether oxygens (including phenoxy) is 2. The summed E-state index contributed by atoms with van der Waals surface area (Å²) in [5.41, 5.74) is 1.68. The first-order chi connectivity index (χ1) is 15.9. The van der Waals surface area contributed by atoms with Crippen LogP contribution in [0.5, 0.6) is 11.5 Å². The van der Waals surface area contributed by atoms with Crippen molar-refractivity contribution in [3.8, 4) is 17.6 Å². The fraction of sp³-hybridized carbons (Fsp3) is 0.192. The molecule has 3 aromatic rings. The van der Waals surface area contributed by atoms with E-state index in [2.05, 4.69) is 19.2 Å². The van der Waals surface area contributed by atoms with Gasteiger partial charge in [-0.3, -0.25) is 4.79 Å². The van der Waals surface area contributed by atoms with Crippen molar-refractivity contribution in [3.63, 3.8) is 0 Å². The first kappa shape index (κ1) is 23.4. The fourth-order valence-corrected chi connectivity index (χ4v) is 2.89. The van der Waals surface area contributed by atoms with Crippen LogP contribution in [0.2, 0.25) is 0 Å². The Hall–Kier alpha value is -4.31. The van der Waals surface area contributed by atoms with Gasteiger partial charge in [-0.05, 0) is 59.5 Å². The normalized spacial score (nSPS) is 11.0. The first-order valence-electron chi connectivity index (χ1n) is 10.4. The van der Waals surface area contributed by atoms with Crippen molar-refractivity contribution in [1.29, 1.82) is 5.26 Å². The van der Waals surface area contributed by atoms with Gasteiger partial charge in [-0.2, -0.15) is 5.26 Å². The smallest absolute Gasteiger partial charge is 0.349 e.